The number of methoxy groups -OCH3 is 2. The first-order valence-corrected chi connectivity index (χ1v) is 11.3. The molecule has 0 bridgehead atoms. The molecule has 1 aliphatic carbocycles. The molecular weight excluding hydrogens is 454 g/mol. The van der Waals surface area contributed by atoms with Gasteiger partial charge >= 0.3 is 18.0 Å². The van der Waals surface area contributed by atoms with Crippen molar-refractivity contribution in [2.24, 2.45) is 0 Å². The van der Waals surface area contributed by atoms with Gasteiger partial charge < -0.3 is 29.0 Å². The molecule has 0 unspecified atom stereocenters. The number of alkyl carbamates (subject to hydrolysis) is 1. The van der Waals surface area contributed by atoms with E-state index in [-0.39, 0.29) is 35.6 Å². The van der Waals surface area contributed by atoms with Gasteiger partial charge in [0.1, 0.15) is 35.4 Å². The standard InChI is InChI=1S/C26H31NO8/c1-26(2,3)35-25(30)27-17-11-18(12-17)34-19-13-20(23(28)31-4)22(24(29)32-5)21(14-19)33-15-16-9-7-6-8-10-16/h6-10,13-14,17-18H,11-12,15H2,1-5H3,(H,27,30). The van der Waals surface area contributed by atoms with Gasteiger partial charge in [0, 0.05) is 24.9 Å². The fourth-order valence-electron chi connectivity index (χ4n) is 3.54. The summed E-state index contributed by atoms with van der Waals surface area (Å²) >= 11 is 0. The molecule has 35 heavy (non-hydrogen) atoms. The third kappa shape index (κ3) is 7.11. The van der Waals surface area contributed by atoms with E-state index >= 15 is 0 Å². The van der Waals surface area contributed by atoms with Crippen molar-refractivity contribution in [2.45, 2.75) is 58.0 Å². The number of carbonyl (C=O) groups excluding carboxylic acids is 3. The Morgan fingerprint density at radius 3 is 2.23 bits per heavy atom. The smallest absolute Gasteiger partial charge is 0.407 e. The van der Waals surface area contributed by atoms with Crippen LogP contribution in [-0.4, -0.2) is 50.0 Å². The Morgan fingerprint density at radius 2 is 1.63 bits per heavy atom. The van der Waals surface area contributed by atoms with E-state index in [1.807, 2.05) is 30.3 Å². The molecule has 3 rings (SSSR count). The van der Waals surface area contributed by atoms with Crippen molar-refractivity contribution in [1.82, 2.24) is 5.32 Å². The zero-order chi connectivity index (χ0) is 25.6. The molecule has 1 N–H and O–H groups in total. The molecular formula is C26H31NO8. The Morgan fingerprint density at radius 1 is 0.971 bits per heavy atom. The van der Waals surface area contributed by atoms with E-state index in [0.717, 1.165) is 5.56 Å². The van der Waals surface area contributed by atoms with Crippen LogP contribution in [-0.2, 0) is 20.8 Å². The molecule has 1 aliphatic rings. The average molecular weight is 486 g/mol. The summed E-state index contributed by atoms with van der Waals surface area (Å²) < 4.78 is 27.0. The van der Waals surface area contributed by atoms with Crippen LogP contribution in [0.1, 0.15) is 59.9 Å². The van der Waals surface area contributed by atoms with Gasteiger partial charge in [0.25, 0.3) is 0 Å². The Kier molecular flexibility index (Phi) is 8.22. The number of hydrogen-bond acceptors (Lipinski definition) is 8. The predicted octanol–water partition coefficient (Wildman–Crippen LogP) is 4.27. The van der Waals surface area contributed by atoms with Crippen LogP contribution in [0.15, 0.2) is 42.5 Å². The minimum atomic E-state index is -0.731. The largest absolute Gasteiger partial charge is 0.490 e. The number of ether oxygens (including phenoxy) is 5. The summed E-state index contributed by atoms with van der Waals surface area (Å²) in [7, 11) is 2.45. The summed E-state index contributed by atoms with van der Waals surface area (Å²) in [5.74, 6) is -0.980. The molecule has 1 fully saturated rings. The van der Waals surface area contributed by atoms with Crippen molar-refractivity contribution in [3.63, 3.8) is 0 Å². The summed E-state index contributed by atoms with van der Waals surface area (Å²) in [6.45, 7) is 5.56. The number of esters is 2. The van der Waals surface area contributed by atoms with Gasteiger partial charge in [0.15, 0.2) is 0 Å². The molecule has 0 aromatic heterocycles. The van der Waals surface area contributed by atoms with Crippen molar-refractivity contribution in [3.05, 3.63) is 59.2 Å². The lowest BCUT2D eigenvalue weighted by Crippen LogP contribution is -2.50. The monoisotopic (exact) mass is 485 g/mol. The minimum absolute atomic E-state index is 0.0253. The van der Waals surface area contributed by atoms with E-state index in [9.17, 15) is 14.4 Å². The highest BCUT2D eigenvalue weighted by Gasteiger charge is 2.34. The highest BCUT2D eigenvalue weighted by molar-refractivity contribution is 6.05. The van der Waals surface area contributed by atoms with Crippen LogP contribution in [0, 0.1) is 0 Å². The number of hydrogen-bond donors (Lipinski definition) is 1. The topological polar surface area (TPSA) is 109 Å². The van der Waals surface area contributed by atoms with Crippen molar-refractivity contribution < 1.29 is 38.1 Å². The fraction of sp³-hybridized carbons (Fsp3) is 0.423. The minimum Gasteiger partial charge on any atom is -0.490 e. The van der Waals surface area contributed by atoms with Crippen LogP contribution in [0.4, 0.5) is 4.79 Å². The predicted molar refractivity (Wildman–Crippen MR) is 127 cm³/mol. The van der Waals surface area contributed by atoms with Gasteiger partial charge in [-0.1, -0.05) is 30.3 Å². The van der Waals surface area contributed by atoms with Gasteiger partial charge in [-0.15, -0.1) is 0 Å². The molecule has 188 valence electrons. The van der Waals surface area contributed by atoms with Crippen molar-refractivity contribution in [2.75, 3.05) is 14.2 Å². The quantitative estimate of drug-likeness (QED) is 0.436. The number of rotatable bonds is 8. The Hall–Kier alpha value is -3.75. The zero-order valence-electron chi connectivity index (χ0n) is 20.6. The second kappa shape index (κ2) is 11.1. The number of carbonyl (C=O) groups is 3. The summed E-state index contributed by atoms with van der Waals surface area (Å²) in [5, 5.41) is 2.81. The summed E-state index contributed by atoms with van der Waals surface area (Å²) in [4.78, 5) is 37.0. The maximum Gasteiger partial charge on any atom is 0.407 e. The molecule has 2 aromatic rings. The fourth-order valence-corrected chi connectivity index (χ4v) is 3.54. The van der Waals surface area contributed by atoms with Crippen LogP contribution in [0.5, 0.6) is 11.5 Å². The lowest BCUT2D eigenvalue weighted by atomic mass is 9.89. The molecule has 2 aromatic carbocycles. The van der Waals surface area contributed by atoms with E-state index in [4.69, 9.17) is 23.7 Å². The van der Waals surface area contributed by atoms with Crippen LogP contribution < -0.4 is 14.8 Å². The lowest BCUT2D eigenvalue weighted by Gasteiger charge is -2.36. The van der Waals surface area contributed by atoms with Gasteiger partial charge in [0.05, 0.1) is 19.8 Å². The first-order valence-electron chi connectivity index (χ1n) is 11.3. The van der Waals surface area contributed by atoms with Crippen LogP contribution in [0.2, 0.25) is 0 Å². The highest BCUT2D eigenvalue weighted by Crippen LogP contribution is 2.34. The van der Waals surface area contributed by atoms with Gasteiger partial charge in [-0.25, -0.2) is 14.4 Å². The average Bonchev–Trinajstić information content (AvgIpc) is 2.79. The van der Waals surface area contributed by atoms with Crippen molar-refractivity contribution in [3.8, 4) is 11.5 Å². The third-order valence-electron chi connectivity index (χ3n) is 5.23. The van der Waals surface area contributed by atoms with Crippen molar-refractivity contribution >= 4 is 18.0 Å². The molecule has 0 aliphatic heterocycles. The number of benzene rings is 2. The summed E-state index contributed by atoms with van der Waals surface area (Å²) in [6, 6.07) is 12.3. The molecule has 1 amide bonds. The first kappa shape index (κ1) is 25.9. The summed E-state index contributed by atoms with van der Waals surface area (Å²) in [5.41, 5.74) is 0.235. The maximum atomic E-state index is 12.5. The van der Waals surface area contributed by atoms with E-state index in [2.05, 4.69) is 5.32 Å². The van der Waals surface area contributed by atoms with E-state index in [1.54, 1.807) is 26.8 Å². The molecule has 1 saturated carbocycles. The van der Waals surface area contributed by atoms with Crippen LogP contribution in [0.25, 0.3) is 0 Å². The SMILES string of the molecule is COC(=O)c1cc(OC2CC(NC(=O)OC(C)(C)C)C2)cc(OCc2ccccc2)c1C(=O)OC. The van der Waals surface area contributed by atoms with Crippen LogP contribution >= 0.6 is 0 Å². The van der Waals surface area contributed by atoms with E-state index < -0.39 is 23.6 Å². The Bertz CT molecular complexity index is 1060. The van der Waals surface area contributed by atoms with Crippen molar-refractivity contribution in [1.29, 1.82) is 0 Å². The van der Waals surface area contributed by atoms with Gasteiger partial charge in [-0.3, -0.25) is 0 Å². The molecule has 0 heterocycles. The second-order valence-electron chi connectivity index (χ2n) is 9.16. The normalized spacial score (nSPS) is 16.9. The molecule has 9 heteroatoms. The molecule has 0 radical (unpaired) electrons. The Balaban J connectivity index is 1.77. The summed E-state index contributed by atoms with van der Waals surface area (Å²) in [6.07, 6.45) is 0.441. The number of nitrogens with one attached hydrogen (secondary N) is 1. The first-order chi connectivity index (χ1) is 16.6. The van der Waals surface area contributed by atoms with Gasteiger partial charge in [-0.2, -0.15) is 0 Å². The maximum absolute atomic E-state index is 12.5. The third-order valence-corrected chi connectivity index (χ3v) is 5.23. The van der Waals surface area contributed by atoms with Crippen LogP contribution in [0.3, 0.4) is 0 Å². The van der Waals surface area contributed by atoms with Gasteiger partial charge in [-0.05, 0) is 32.4 Å². The zero-order valence-corrected chi connectivity index (χ0v) is 20.6. The number of amides is 1. The lowest BCUT2D eigenvalue weighted by molar-refractivity contribution is 0.0360. The molecule has 0 saturated heterocycles. The highest BCUT2D eigenvalue weighted by atomic mass is 16.6. The van der Waals surface area contributed by atoms with E-state index in [1.165, 1.54) is 20.3 Å². The van der Waals surface area contributed by atoms with Gasteiger partial charge in [0.2, 0.25) is 0 Å². The molecule has 9 nitrogen and oxygen atoms in total. The molecule has 0 atom stereocenters. The van der Waals surface area contributed by atoms with E-state index in [0.29, 0.717) is 18.6 Å². The second-order valence-corrected chi connectivity index (χ2v) is 9.16. The Labute approximate surface area is 204 Å². The molecule has 0 spiro atoms.